The van der Waals surface area contributed by atoms with Crippen LogP contribution in [0.2, 0.25) is 0 Å². The lowest BCUT2D eigenvalue weighted by Gasteiger charge is -2.28. The van der Waals surface area contributed by atoms with Gasteiger partial charge in [0.25, 0.3) is 0 Å². The summed E-state index contributed by atoms with van der Waals surface area (Å²) < 4.78 is 23.0. The molecule has 9 heteroatoms. The number of hydrogen-bond acceptors (Lipinski definition) is 5. The Morgan fingerprint density at radius 3 is 2.34 bits per heavy atom. The van der Waals surface area contributed by atoms with Crippen molar-refractivity contribution >= 4 is 27.5 Å². The lowest BCUT2D eigenvalue weighted by atomic mass is 9.85. The van der Waals surface area contributed by atoms with Gasteiger partial charge in [0.05, 0.1) is 0 Å². The van der Waals surface area contributed by atoms with Crippen molar-refractivity contribution in [2.24, 2.45) is 17.0 Å². The molecule has 0 unspecified atom stereocenters. The van der Waals surface area contributed by atoms with Crippen LogP contribution >= 0.6 is 0 Å². The molecule has 3 rings (SSSR count). The van der Waals surface area contributed by atoms with Gasteiger partial charge in [-0.2, -0.15) is 0 Å². The van der Waals surface area contributed by atoms with Crippen molar-refractivity contribution < 1.29 is 23.1 Å². The number of hydrogen-bond donors (Lipinski definition) is 4. The predicted octanol–water partition coefficient (Wildman–Crippen LogP) is 2.23. The van der Waals surface area contributed by atoms with Gasteiger partial charge >= 0.3 is 0 Å². The van der Waals surface area contributed by atoms with Crippen LogP contribution in [-0.2, 0) is 19.6 Å². The summed E-state index contributed by atoms with van der Waals surface area (Å²) >= 11 is 0. The first-order valence-corrected chi connectivity index (χ1v) is 11.7. The summed E-state index contributed by atoms with van der Waals surface area (Å²) in [5.41, 5.74) is 0.267. The van der Waals surface area contributed by atoms with Gasteiger partial charge in [0.2, 0.25) is 21.8 Å². The van der Waals surface area contributed by atoms with Gasteiger partial charge in [0.1, 0.15) is 10.6 Å². The van der Waals surface area contributed by atoms with Crippen LogP contribution in [0.15, 0.2) is 23.1 Å². The van der Waals surface area contributed by atoms with E-state index >= 15 is 0 Å². The average Bonchev–Trinajstić information content (AvgIpc) is 3.15. The zero-order valence-corrected chi connectivity index (χ0v) is 17.2. The molecule has 1 aromatic carbocycles. The topological polar surface area (TPSA) is 139 Å². The summed E-state index contributed by atoms with van der Waals surface area (Å²) in [4.78, 5) is 24.3. The number of primary sulfonamides is 1. The minimum absolute atomic E-state index is 0.107. The van der Waals surface area contributed by atoms with E-state index in [0.717, 1.165) is 31.7 Å². The lowest BCUT2D eigenvalue weighted by Crippen LogP contribution is -2.40. The molecule has 0 aliphatic heterocycles. The molecule has 160 valence electrons. The largest absolute Gasteiger partial charge is 0.507 e. The van der Waals surface area contributed by atoms with E-state index in [1.54, 1.807) is 0 Å². The molecule has 8 nitrogen and oxygen atoms in total. The molecule has 0 bridgehead atoms. The van der Waals surface area contributed by atoms with Crippen molar-refractivity contribution in [1.29, 1.82) is 0 Å². The van der Waals surface area contributed by atoms with Gasteiger partial charge in [-0.25, -0.2) is 13.6 Å². The quantitative estimate of drug-likeness (QED) is 0.520. The molecule has 29 heavy (non-hydrogen) atoms. The van der Waals surface area contributed by atoms with Crippen LogP contribution in [-0.4, -0.2) is 31.4 Å². The second kappa shape index (κ2) is 9.13. The van der Waals surface area contributed by atoms with E-state index < -0.39 is 20.7 Å². The molecule has 0 aromatic heterocycles. The van der Waals surface area contributed by atoms with E-state index in [1.807, 2.05) is 0 Å². The van der Waals surface area contributed by atoms with E-state index in [-0.39, 0.29) is 29.5 Å². The van der Waals surface area contributed by atoms with E-state index in [0.29, 0.717) is 25.2 Å². The van der Waals surface area contributed by atoms with Crippen LogP contribution in [0.1, 0.15) is 57.8 Å². The fourth-order valence-electron chi connectivity index (χ4n) is 4.33. The van der Waals surface area contributed by atoms with Crippen molar-refractivity contribution in [1.82, 2.24) is 5.32 Å². The van der Waals surface area contributed by atoms with E-state index in [4.69, 9.17) is 5.14 Å². The SMILES string of the molecule is NS(=O)(=O)c1cc(NC(=O)C2CCC(NC(=O)CC3CCCC3)CC2)ccc1O. The first kappa shape index (κ1) is 21.6. The van der Waals surface area contributed by atoms with Gasteiger partial charge in [-0.15, -0.1) is 0 Å². The number of nitrogens with two attached hydrogens (primary N) is 1. The number of benzene rings is 1. The normalized spacial score (nSPS) is 22.9. The number of nitrogens with one attached hydrogen (secondary N) is 2. The van der Waals surface area contributed by atoms with Crippen LogP contribution in [0.5, 0.6) is 5.75 Å². The smallest absolute Gasteiger partial charge is 0.241 e. The molecular formula is C20H29N3O5S. The van der Waals surface area contributed by atoms with Gasteiger partial charge in [-0.05, 0) is 62.6 Å². The molecule has 0 heterocycles. The Labute approximate surface area is 171 Å². The van der Waals surface area contributed by atoms with Crippen LogP contribution < -0.4 is 15.8 Å². The third kappa shape index (κ3) is 5.93. The maximum absolute atomic E-state index is 12.5. The van der Waals surface area contributed by atoms with Crippen molar-refractivity contribution in [3.63, 3.8) is 0 Å². The molecule has 0 spiro atoms. The van der Waals surface area contributed by atoms with Gasteiger partial charge in [-0.3, -0.25) is 9.59 Å². The fourth-order valence-corrected chi connectivity index (χ4v) is 4.98. The highest BCUT2D eigenvalue weighted by Crippen LogP contribution is 2.30. The molecule has 5 N–H and O–H groups in total. The Balaban J connectivity index is 1.48. The Morgan fingerprint density at radius 1 is 1.07 bits per heavy atom. The summed E-state index contributed by atoms with van der Waals surface area (Å²) in [6.45, 7) is 0. The summed E-state index contributed by atoms with van der Waals surface area (Å²) in [6, 6.07) is 3.87. The van der Waals surface area contributed by atoms with Gasteiger partial charge in [-0.1, -0.05) is 12.8 Å². The zero-order valence-electron chi connectivity index (χ0n) is 16.4. The Morgan fingerprint density at radius 2 is 1.72 bits per heavy atom. The maximum Gasteiger partial charge on any atom is 0.241 e. The number of amides is 2. The Kier molecular flexibility index (Phi) is 6.79. The third-order valence-corrected chi connectivity index (χ3v) is 6.89. The Hall–Kier alpha value is -2.13. The third-order valence-electron chi connectivity index (χ3n) is 5.95. The number of anilines is 1. The number of rotatable bonds is 6. The fraction of sp³-hybridized carbons (Fsp3) is 0.600. The standard InChI is InChI=1S/C20H29N3O5S/c21-29(27,28)18-12-16(9-10-17(18)24)23-20(26)14-5-7-15(8-6-14)22-19(25)11-13-3-1-2-4-13/h9-10,12-15,24H,1-8,11H2,(H,22,25)(H,23,26)(H2,21,27,28). The van der Waals surface area contributed by atoms with Crippen LogP contribution in [0.25, 0.3) is 0 Å². The minimum Gasteiger partial charge on any atom is -0.507 e. The highest BCUT2D eigenvalue weighted by Gasteiger charge is 2.28. The van der Waals surface area contributed by atoms with Crippen molar-refractivity contribution in [3.8, 4) is 5.75 Å². The van der Waals surface area contributed by atoms with Crippen LogP contribution in [0.3, 0.4) is 0 Å². The molecule has 2 amide bonds. The predicted molar refractivity (Wildman–Crippen MR) is 109 cm³/mol. The first-order chi connectivity index (χ1) is 13.7. The number of aromatic hydroxyl groups is 1. The average molecular weight is 424 g/mol. The number of phenolic OH excluding ortho intramolecular Hbond substituents is 1. The second-order valence-electron chi connectivity index (χ2n) is 8.19. The van der Waals surface area contributed by atoms with Gasteiger partial charge < -0.3 is 15.7 Å². The number of sulfonamides is 1. The lowest BCUT2D eigenvalue weighted by molar-refractivity contribution is -0.123. The van der Waals surface area contributed by atoms with Crippen molar-refractivity contribution in [2.75, 3.05) is 5.32 Å². The molecule has 2 fully saturated rings. The molecule has 2 aliphatic carbocycles. The molecule has 2 saturated carbocycles. The van der Waals surface area contributed by atoms with E-state index in [2.05, 4.69) is 10.6 Å². The minimum atomic E-state index is -4.09. The number of carbonyl (C=O) groups is 2. The van der Waals surface area contributed by atoms with Crippen molar-refractivity contribution in [3.05, 3.63) is 18.2 Å². The van der Waals surface area contributed by atoms with Gasteiger partial charge in [0, 0.05) is 24.1 Å². The monoisotopic (exact) mass is 423 g/mol. The van der Waals surface area contributed by atoms with E-state index in [1.165, 1.54) is 25.0 Å². The van der Waals surface area contributed by atoms with Crippen molar-refractivity contribution in [2.45, 2.75) is 68.7 Å². The van der Waals surface area contributed by atoms with Crippen LogP contribution in [0.4, 0.5) is 5.69 Å². The number of phenols is 1. The second-order valence-corrected chi connectivity index (χ2v) is 9.72. The summed E-state index contributed by atoms with van der Waals surface area (Å²) in [7, 11) is -4.09. The Bertz CT molecular complexity index is 857. The highest BCUT2D eigenvalue weighted by molar-refractivity contribution is 7.89. The molecule has 0 radical (unpaired) electrons. The maximum atomic E-state index is 12.5. The highest BCUT2D eigenvalue weighted by atomic mass is 32.2. The molecule has 2 aliphatic rings. The summed E-state index contributed by atoms with van der Waals surface area (Å²) in [6.07, 6.45) is 8.12. The van der Waals surface area contributed by atoms with Crippen LogP contribution in [0, 0.1) is 11.8 Å². The number of carbonyl (C=O) groups excluding carboxylic acids is 2. The molecule has 0 atom stereocenters. The van der Waals surface area contributed by atoms with Gasteiger partial charge in [0.15, 0.2) is 0 Å². The molecule has 1 aromatic rings. The van der Waals surface area contributed by atoms with E-state index in [9.17, 15) is 23.1 Å². The summed E-state index contributed by atoms with van der Waals surface area (Å²) in [5.74, 6) is -0.232. The first-order valence-electron chi connectivity index (χ1n) is 10.2. The zero-order chi connectivity index (χ0) is 21.0. The molecular weight excluding hydrogens is 394 g/mol. The molecule has 0 saturated heterocycles. The summed E-state index contributed by atoms with van der Waals surface area (Å²) in [5, 5.41) is 20.5.